The molecule has 0 spiro atoms. The molecule has 2 aromatic rings. The van der Waals surface area contributed by atoms with Crippen molar-refractivity contribution in [2.45, 2.75) is 19.8 Å². The number of aromatic nitrogens is 2. The van der Waals surface area contributed by atoms with E-state index in [4.69, 9.17) is 16.0 Å². The maximum absolute atomic E-state index is 12.2. The molecule has 0 unspecified atom stereocenters. The lowest BCUT2D eigenvalue weighted by molar-refractivity contribution is 0.0843. The molecule has 1 saturated heterocycles. The Morgan fingerprint density at radius 3 is 2.62 bits per heavy atom. The van der Waals surface area contributed by atoms with Crippen LogP contribution in [0.3, 0.4) is 0 Å². The summed E-state index contributed by atoms with van der Waals surface area (Å²) in [6.07, 6.45) is 4.91. The highest BCUT2D eigenvalue weighted by atomic mass is 35.5. The van der Waals surface area contributed by atoms with Gasteiger partial charge in [0.1, 0.15) is 5.76 Å². The van der Waals surface area contributed by atoms with E-state index in [1.54, 1.807) is 6.92 Å². The average Bonchev–Trinajstić information content (AvgIpc) is 3.24. The van der Waals surface area contributed by atoms with Gasteiger partial charge in [0.05, 0.1) is 23.0 Å². The molecule has 3 rings (SSSR count). The molecule has 0 atom stereocenters. The molecule has 0 radical (unpaired) electrons. The first kappa shape index (κ1) is 16.3. The number of rotatable bonds is 3. The fourth-order valence-electron chi connectivity index (χ4n) is 2.45. The van der Waals surface area contributed by atoms with Crippen LogP contribution in [0, 0.1) is 6.92 Å². The molecular formula is C15H16ClN5O3. The van der Waals surface area contributed by atoms with Gasteiger partial charge in [-0.15, -0.1) is 0 Å². The lowest BCUT2D eigenvalue weighted by Gasteiger charge is -2.16. The van der Waals surface area contributed by atoms with E-state index in [0.29, 0.717) is 17.3 Å². The van der Waals surface area contributed by atoms with E-state index >= 15 is 0 Å². The van der Waals surface area contributed by atoms with Crippen molar-refractivity contribution in [3.05, 3.63) is 40.6 Å². The average molecular weight is 350 g/mol. The Morgan fingerprint density at radius 2 is 1.96 bits per heavy atom. The fourth-order valence-corrected chi connectivity index (χ4v) is 2.62. The zero-order chi connectivity index (χ0) is 17.1. The van der Waals surface area contributed by atoms with Crippen LogP contribution in [-0.2, 0) is 0 Å². The van der Waals surface area contributed by atoms with Gasteiger partial charge in [-0.2, -0.15) is 0 Å². The third-order valence-corrected chi connectivity index (χ3v) is 4.00. The molecule has 1 fully saturated rings. The first-order valence-electron chi connectivity index (χ1n) is 7.48. The number of halogens is 1. The first-order valence-corrected chi connectivity index (χ1v) is 7.86. The largest absolute Gasteiger partial charge is 0.469 e. The maximum Gasteiger partial charge on any atom is 0.290 e. The molecule has 1 aliphatic rings. The van der Waals surface area contributed by atoms with Crippen LogP contribution < -0.4 is 15.8 Å². The van der Waals surface area contributed by atoms with E-state index in [-0.39, 0.29) is 10.7 Å². The summed E-state index contributed by atoms with van der Waals surface area (Å²) in [6, 6.07) is 1.51. The van der Waals surface area contributed by atoms with Gasteiger partial charge in [-0.1, -0.05) is 11.6 Å². The first-order chi connectivity index (χ1) is 11.6. The second-order valence-electron chi connectivity index (χ2n) is 5.36. The van der Waals surface area contributed by atoms with Crippen molar-refractivity contribution in [3.63, 3.8) is 0 Å². The molecule has 2 aromatic heterocycles. The SMILES string of the molecule is Cc1occc1C(=O)NNC(=O)c1nc(N2CCCC2)ncc1Cl. The molecule has 3 heterocycles. The minimum atomic E-state index is -0.614. The van der Waals surface area contributed by atoms with E-state index in [0.717, 1.165) is 25.9 Å². The lowest BCUT2D eigenvalue weighted by Crippen LogP contribution is -2.42. The zero-order valence-electron chi connectivity index (χ0n) is 13.0. The summed E-state index contributed by atoms with van der Waals surface area (Å²) < 4.78 is 5.05. The van der Waals surface area contributed by atoms with E-state index in [1.807, 2.05) is 4.90 Å². The molecule has 0 saturated carbocycles. The highest BCUT2D eigenvalue weighted by Gasteiger charge is 2.20. The Labute approximate surface area is 143 Å². The predicted molar refractivity (Wildman–Crippen MR) is 86.9 cm³/mol. The normalized spacial score (nSPS) is 13.8. The zero-order valence-corrected chi connectivity index (χ0v) is 13.8. The molecule has 2 amide bonds. The molecule has 126 valence electrons. The van der Waals surface area contributed by atoms with Gasteiger partial charge in [0.15, 0.2) is 5.69 Å². The number of nitrogens with one attached hydrogen (secondary N) is 2. The number of anilines is 1. The van der Waals surface area contributed by atoms with Crippen LogP contribution in [0.2, 0.25) is 5.02 Å². The number of carbonyl (C=O) groups is 2. The van der Waals surface area contributed by atoms with Gasteiger partial charge in [-0.05, 0) is 25.8 Å². The molecule has 8 nitrogen and oxygen atoms in total. The quantitative estimate of drug-likeness (QED) is 0.818. The summed E-state index contributed by atoms with van der Waals surface area (Å²) in [5.41, 5.74) is 4.96. The second kappa shape index (κ2) is 6.88. The fraction of sp³-hybridized carbons (Fsp3) is 0.333. The van der Waals surface area contributed by atoms with Crippen molar-refractivity contribution >= 4 is 29.4 Å². The number of hydrazine groups is 1. The lowest BCUT2D eigenvalue weighted by atomic mass is 10.2. The topological polar surface area (TPSA) is 100 Å². The standard InChI is InChI=1S/C15H16ClN5O3/c1-9-10(4-7-24-9)13(22)19-20-14(23)12-11(16)8-17-15(18-12)21-5-2-3-6-21/h4,7-8H,2-3,5-6H2,1H3,(H,19,22)(H,20,23). The highest BCUT2D eigenvalue weighted by Crippen LogP contribution is 2.19. The summed E-state index contributed by atoms with van der Waals surface area (Å²) in [6.45, 7) is 3.35. The Hall–Kier alpha value is -2.61. The smallest absolute Gasteiger partial charge is 0.290 e. The van der Waals surface area contributed by atoms with Crippen LogP contribution in [-0.4, -0.2) is 34.9 Å². The number of nitrogens with zero attached hydrogens (tertiary/aromatic N) is 3. The minimum absolute atomic E-state index is 0.0118. The van der Waals surface area contributed by atoms with E-state index in [9.17, 15) is 9.59 Å². The summed E-state index contributed by atoms with van der Waals surface area (Å²) in [4.78, 5) is 34.6. The van der Waals surface area contributed by atoms with Crippen molar-refractivity contribution in [3.8, 4) is 0 Å². The van der Waals surface area contributed by atoms with Gasteiger partial charge in [0, 0.05) is 13.1 Å². The minimum Gasteiger partial charge on any atom is -0.469 e. The Morgan fingerprint density at radius 1 is 1.25 bits per heavy atom. The van der Waals surface area contributed by atoms with Gasteiger partial charge in [0.25, 0.3) is 11.8 Å². The molecular weight excluding hydrogens is 334 g/mol. The van der Waals surface area contributed by atoms with E-state index in [1.165, 1.54) is 18.5 Å². The highest BCUT2D eigenvalue weighted by molar-refractivity contribution is 6.33. The van der Waals surface area contributed by atoms with Crippen LogP contribution in [0.15, 0.2) is 22.9 Å². The number of furan rings is 1. The predicted octanol–water partition coefficient (Wildman–Crippen LogP) is 1.71. The summed E-state index contributed by atoms with van der Waals surface area (Å²) in [7, 11) is 0. The van der Waals surface area contributed by atoms with Crippen LogP contribution >= 0.6 is 11.6 Å². The van der Waals surface area contributed by atoms with Gasteiger partial charge in [-0.25, -0.2) is 9.97 Å². The molecule has 24 heavy (non-hydrogen) atoms. The maximum atomic E-state index is 12.2. The van der Waals surface area contributed by atoms with Crippen LogP contribution in [0.5, 0.6) is 0 Å². The van der Waals surface area contributed by atoms with Crippen molar-refractivity contribution < 1.29 is 14.0 Å². The molecule has 1 aliphatic heterocycles. The van der Waals surface area contributed by atoms with E-state index < -0.39 is 11.8 Å². The summed E-state index contributed by atoms with van der Waals surface area (Å²) in [5.74, 6) is -0.186. The Balaban J connectivity index is 1.69. The number of aryl methyl sites for hydroxylation is 1. The van der Waals surface area contributed by atoms with E-state index in [2.05, 4.69) is 20.8 Å². The third kappa shape index (κ3) is 3.33. The Kier molecular flexibility index (Phi) is 4.66. The summed E-state index contributed by atoms with van der Waals surface area (Å²) in [5, 5.41) is 0.115. The van der Waals surface area contributed by atoms with Crippen molar-refractivity contribution in [2.24, 2.45) is 0 Å². The number of carbonyl (C=O) groups excluding carboxylic acids is 2. The number of hydrogen-bond donors (Lipinski definition) is 2. The third-order valence-electron chi connectivity index (χ3n) is 3.73. The molecule has 9 heteroatoms. The van der Waals surface area contributed by atoms with Crippen molar-refractivity contribution in [1.82, 2.24) is 20.8 Å². The molecule has 0 bridgehead atoms. The van der Waals surface area contributed by atoms with Crippen LogP contribution in [0.25, 0.3) is 0 Å². The van der Waals surface area contributed by atoms with Gasteiger partial charge >= 0.3 is 0 Å². The number of amides is 2. The Bertz CT molecular complexity index is 770. The van der Waals surface area contributed by atoms with Gasteiger partial charge in [0.2, 0.25) is 5.95 Å². The van der Waals surface area contributed by atoms with Gasteiger partial charge in [-0.3, -0.25) is 20.4 Å². The van der Waals surface area contributed by atoms with Gasteiger partial charge < -0.3 is 9.32 Å². The molecule has 2 N–H and O–H groups in total. The van der Waals surface area contributed by atoms with Crippen LogP contribution in [0.1, 0.15) is 39.4 Å². The second-order valence-corrected chi connectivity index (χ2v) is 5.77. The number of hydrogen-bond acceptors (Lipinski definition) is 6. The molecule has 0 aliphatic carbocycles. The summed E-state index contributed by atoms with van der Waals surface area (Å²) >= 11 is 6.01. The van der Waals surface area contributed by atoms with Crippen molar-refractivity contribution in [2.75, 3.05) is 18.0 Å². The monoisotopic (exact) mass is 349 g/mol. The van der Waals surface area contributed by atoms with Crippen LogP contribution in [0.4, 0.5) is 5.95 Å². The molecule has 0 aromatic carbocycles. The van der Waals surface area contributed by atoms with Crippen molar-refractivity contribution in [1.29, 1.82) is 0 Å².